The van der Waals surface area contributed by atoms with E-state index in [1.54, 1.807) is 7.11 Å². The summed E-state index contributed by atoms with van der Waals surface area (Å²) in [5.74, 6) is 0.705. The second-order valence-corrected chi connectivity index (χ2v) is 9.30. The molecule has 0 N–H and O–H groups in total. The fraction of sp³-hybridized carbons (Fsp3) is 0.385. The SMILES string of the molecule is COc1cccc(C2CC(=O)N(c3c(C)cccc3C)C3=C2C(=O)CC(C)(C)C3)c1. The molecule has 0 radical (unpaired) electrons. The molecule has 1 amide bonds. The molecule has 0 aromatic heterocycles. The molecule has 1 unspecified atom stereocenters. The van der Waals surface area contributed by atoms with E-state index in [1.165, 1.54) is 0 Å². The minimum Gasteiger partial charge on any atom is -0.497 e. The van der Waals surface area contributed by atoms with E-state index in [4.69, 9.17) is 4.74 Å². The Kier molecular flexibility index (Phi) is 5.05. The molecule has 0 saturated carbocycles. The second-order valence-electron chi connectivity index (χ2n) is 9.30. The molecule has 1 atom stereocenters. The summed E-state index contributed by atoms with van der Waals surface area (Å²) < 4.78 is 5.39. The first-order valence-electron chi connectivity index (χ1n) is 10.5. The Hall–Kier alpha value is -2.88. The van der Waals surface area contributed by atoms with Gasteiger partial charge in [-0.3, -0.25) is 14.5 Å². The van der Waals surface area contributed by atoms with E-state index < -0.39 is 0 Å². The van der Waals surface area contributed by atoms with Crippen molar-refractivity contribution < 1.29 is 14.3 Å². The summed E-state index contributed by atoms with van der Waals surface area (Å²) >= 11 is 0. The molecule has 4 nitrogen and oxygen atoms in total. The van der Waals surface area contributed by atoms with E-state index in [-0.39, 0.29) is 29.4 Å². The van der Waals surface area contributed by atoms with Crippen molar-refractivity contribution in [3.63, 3.8) is 0 Å². The van der Waals surface area contributed by atoms with Gasteiger partial charge in [-0.2, -0.15) is 0 Å². The van der Waals surface area contributed by atoms with Crippen molar-refractivity contribution in [3.8, 4) is 5.75 Å². The van der Waals surface area contributed by atoms with Gasteiger partial charge < -0.3 is 4.74 Å². The molecule has 0 spiro atoms. The summed E-state index contributed by atoms with van der Waals surface area (Å²) in [7, 11) is 1.63. The number of ether oxygens (including phenoxy) is 1. The van der Waals surface area contributed by atoms with Crippen molar-refractivity contribution in [2.24, 2.45) is 5.41 Å². The molecule has 30 heavy (non-hydrogen) atoms. The molecule has 156 valence electrons. The summed E-state index contributed by atoms with van der Waals surface area (Å²) in [5, 5.41) is 0. The number of rotatable bonds is 3. The minimum atomic E-state index is -0.230. The largest absolute Gasteiger partial charge is 0.497 e. The summed E-state index contributed by atoms with van der Waals surface area (Å²) in [4.78, 5) is 28.8. The minimum absolute atomic E-state index is 0.0458. The van der Waals surface area contributed by atoms with Gasteiger partial charge in [0.05, 0.1) is 12.8 Å². The molecule has 2 aliphatic rings. The summed E-state index contributed by atoms with van der Waals surface area (Å²) in [6.45, 7) is 8.27. The number of nitrogens with zero attached hydrogens (tertiary/aromatic N) is 1. The highest BCUT2D eigenvalue weighted by Gasteiger charge is 2.44. The Morgan fingerprint density at radius 1 is 1.00 bits per heavy atom. The smallest absolute Gasteiger partial charge is 0.232 e. The predicted octanol–water partition coefficient (Wildman–Crippen LogP) is 5.48. The summed E-state index contributed by atoms with van der Waals surface area (Å²) in [6, 6.07) is 13.8. The van der Waals surface area contributed by atoms with Gasteiger partial charge in [0, 0.05) is 30.0 Å². The molecule has 0 saturated heterocycles. The lowest BCUT2D eigenvalue weighted by Crippen LogP contribution is -2.44. The molecule has 0 bridgehead atoms. The molecule has 2 aromatic rings. The van der Waals surface area contributed by atoms with Gasteiger partial charge in [0.25, 0.3) is 0 Å². The third-order valence-corrected chi connectivity index (χ3v) is 6.30. The average Bonchev–Trinajstić information content (AvgIpc) is 2.68. The lowest BCUT2D eigenvalue weighted by atomic mass is 9.69. The van der Waals surface area contributed by atoms with Crippen molar-refractivity contribution in [2.45, 2.75) is 52.9 Å². The van der Waals surface area contributed by atoms with Crippen LogP contribution in [0.15, 0.2) is 53.7 Å². The number of aryl methyl sites for hydroxylation is 2. The molecule has 0 fully saturated rings. The van der Waals surface area contributed by atoms with Crippen molar-refractivity contribution in [3.05, 3.63) is 70.4 Å². The number of Topliss-reactive ketones (excluding diaryl/α,β-unsaturated/α-hetero) is 1. The monoisotopic (exact) mass is 403 g/mol. The van der Waals surface area contributed by atoms with E-state index in [1.807, 2.05) is 61.2 Å². The number of para-hydroxylation sites is 1. The van der Waals surface area contributed by atoms with E-state index in [0.29, 0.717) is 12.8 Å². The second kappa shape index (κ2) is 7.42. The normalized spacial score (nSPS) is 21.0. The molecule has 2 aromatic carbocycles. The number of hydrogen-bond donors (Lipinski definition) is 0. The number of carbonyl (C=O) groups excluding carboxylic acids is 2. The Balaban J connectivity index is 1.94. The molecule has 1 heterocycles. The fourth-order valence-corrected chi connectivity index (χ4v) is 4.98. The Morgan fingerprint density at radius 3 is 2.33 bits per heavy atom. The van der Waals surface area contributed by atoms with Gasteiger partial charge in [0.2, 0.25) is 5.91 Å². The quantitative estimate of drug-likeness (QED) is 0.682. The topological polar surface area (TPSA) is 46.6 Å². The maximum atomic E-state index is 13.6. The summed E-state index contributed by atoms with van der Waals surface area (Å²) in [5.41, 5.74) is 5.47. The summed E-state index contributed by atoms with van der Waals surface area (Å²) in [6.07, 6.45) is 1.49. The van der Waals surface area contributed by atoms with Gasteiger partial charge in [-0.05, 0) is 54.5 Å². The molecular formula is C26H29NO3. The average molecular weight is 404 g/mol. The van der Waals surface area contributed by atoms with Gasteiger partial charge in [0.1, 0.15) is 5.75 Å². The number of carbonyl (C=O) groups is 2. The zero-order valence-electron chi connectivity index (χ0n) is 18.4. The number of allylic oxidation sites excluding steroid dienone is 2. The van der Waals surface area contributed by atoms with Gasteiger partial charge in [0.15, 0.2) is 5.78 Å². The lowest BCUT2D eigenvalue weighted by Gasteiger charge is -2.43. The van der Waals surface area contributed by atoms with Crippen LogP contribution >= 0.6 is 0 Å². The van der Waals surface area contributed by atoms with Crippen molar-refractivity contribution >= 4 is 17.4 Å². The maximum absolute atomic E-state index is 13.6. The van der Waals surface area contributed by atoms with Crippen LogP contribution in [0.25, 0.3) is 0 Å². The Labute approximate surface area is 178 Å². The first-order valence-corrected chi connectivity index (χ1v) is 10.5. The number of anilines is 1. The number of ketones is 1. The molecular weight excluding hydrogens is 374 g/mol. The van der Waals surface area contributed by atoms with Crippen molar-refractivity contribution in [1.82, 2.24) is 0 Å². The van der Waals surface area contributed by atoms with Crippen LogP contribution in [0.1, 0.15) is 55.7 Å². The molecule has 1 aliphatic carbocycles. The van der Waals surface area contributed by atoms with Crippen LogP contribution in [0.5, 0.6) is 5.75 Å². The van der Waals surface area contributed by atoms with E-state index in [9.17, 15) is 9.59 Å². The number of benzene rings is 2. The number of methoxy groups -OCH3 is 1. The van der Waals surface area contributed by atoms with E-state index >= 15 is 0 Å². The van der Waals surface area contributed by atoms with Crippen LogP contribution in [0.2, 0.25) is 0 Å². The maximum Gasteiger partial charge on any atom is 0.232 e. The van der Waals surface area contributed by atoms with Gasteiger partial charge in [-0.1, -0.05) is 44.2 Å². The van der Waals surface area contributed by atoms with Crippen LogP contribution in [0, 0.1) is 19.3 Å². The first kappa shape index (κ1) is 20.4. The first-order chi connectivity index (χ1) is 14.2. The van der Waals surface area contributed by atoms with Crippen LogP contribution in [-0.2, 0) is 9.59 Å². The highest BCUT2D eigenvalue weighted by atomic mass is 16.5. The van der Waals surface area contributed by atoms with E-state index in [0.717, 1.165) is 39.4 Å². The highest BCUT2D eigenvalue weighted by molar-refractivity contribution is 6.08. The third kappa shape index (κ3) is 3.45. The van der Waals surface area contributed by atoms with Crippen LogP contribution in [0.4, 0.5) is 5.69 Å². The van der Waals surface area contributed by atoms with Crippen LogP contribution in [-0.4, -0.2) is 18.8 Å². The zero-order chi connectivity index (χ0) is 21.6. The molecule has 4 heteroatoms. The van der Waals surface area contributed by atoms with Crippen molar-refractivity contribution in [2.75, 3.05) is 12.0 Å². The Morgan fingerprint density at radius 2 is 1.67 bits per heavy atom. The Bertz CT molecular complexity index is 1040. The van der Waals surface area contributed by atoms with Gasteiger partial charge in [-0.15, -0.1) is 0 Å². The van der Waals surface area contributed by atoms with Gasteiger partial charge >= 0.3 is 0 Å². The fourth-order valence-electron chi connectivity index (χ4n) is 4.98. The van der Waals surface area contributed by atoms with Crippen LogP contribution in [0.3, 0.4) is 0 Å². The standard InChI is InChI=1S/C26H29NO3/c1-16-8-6-9-17(2)25(16)27-21-14-26(3,4)15-22(28)24(21)20(13-23(27)29)18-10-7-11-19(12-18)30-5/h6-12,20H,13-15H2,1-5H3. The van der Waals surface area contributed by atoms with Crippen molar-refractivity contribution in [1.29, 1.82) is 0 Å². The van der Waals surface area contributed by atoms with Gasteiger partial charge in [-0.25, -0.2) is 0 Å². The zero-order valence-corrected chi connectivity index (χ0v) is 18.4. The lowest BCUT2D eigenvalue weighted by molar-refractivity contribution is -0.121. The molecule has 4 rings (SSSR count). The third-order valence-electron chi connectivity index (χ3n) is 6.30. The number of hydrogen-bond acceptors (Lipinski definition) is 3. The van der Waals surface area contributed by atoms with E-state index in [2.05, 4.69) is 13.8 Å². The predicted molar refractivity (Wildman–Crippen MR) is 119 cm³/mol. The highest BCUT2D eigenvalue weighted by Crippen LogP contribution is 2.49. The number of amides is 1. The molecule has 1 aliphatic heterocycles. The van der Waals surface area contributed by atoms with Crippen LogP contribution < -0.4 is 9.64 Å².